The molecule has 2 aromatic heterocycles. The van der Waals surface area contributed by atoms with Gasteiger partial charge in [0.25, 0.3) is 5.91 Å². The number of rotatable bonds is 4. The molecule has 1 atom stereocenters. The van der Waals surface area contributed by atoms with Gasteiger partial charge in [-0.3, -0.25) is 4.79 Å². The van der Waals surface area contributed by atoms with Crippen LogP contribution in [0.15, 0.2) is 36.4 Å². The van der Waals surface area contributed by atoms with Gasteiger partial charge in [0, 0.05) is 25.6 Å². The smallest absolute Gasteiger partial charge is 0.263 e. The van der Waals surface area contributed by atoms with Gasteiger partial charge in [0.1, 0.15) is 5.82 Å². The lowest BCUT2D eigenvalue weighted by molar-refractivity contribution is 0.0708. The molecule has 4 nitrogen and oxygen atoms in total. The van der Waals surface area contributed by atoms with Crippen molar-refractivity contribution >= 4 is 39.9 Å². The number of aromatic nitrogens is 2. The number of nitrogens with zero attached hydrogens (tertiary/aromatic N) is 3. The van der Waals surface area contributed by atoms with Gasteiger partial charge in [-0.1, -0.05) is 30.7 Å². The molecule has 0 N–H and O–H groups in total. The first-order valence-corrected chi connectivity index (χ1v) is 10.4. The van der Waals surface area contributed by atoms with Crippen LogP contribution in [0, 0.1) is 0 Å². The summed E-state index contributed by atoms with van der Waals surface area (Å²) in [6.45, 7) is 4.68. The highest BCUT2D eigenvalue weighted by atomic mass is 35.5. The molecule has 1 unspecified atom stereocenters. The van der Waals surface area contributed by atoms with Crippen molar-refractivity contribution in [3.05, 3.63) is 51.4 Å². The van der Waals surface area contributed by atoms with Crippen molar-refractivity contribution in [1.29, 1.82) is 0 Å². The Balaban J connectivity index is 1.62. The summed E-state index contributed by atoms with van der Waals surface area (Å²) in [7, 11) is 0. The van der Waals surface area contributed by atoms with Crippen molar-refractivity contribution in [2.24, 2.45) is 0 Å². The van der Waals surface area contributed by atoms with E-state index in [1.807, 2.05) is 17.0 Å². The Labute approximate surface area is 162 Å². The summed E-state index contributed by atoms with van der Waals surface area (Å²) in [5.41, 5.74) is 2.24. The van der Waals surface area contributed by atoms with Gasteiger partial charge in [-0.25, -0.2) is 4.98 Å². The van der Waals surface area contributed by atoms with E-state index in [1.165, 1.54) is 16.9 Å². The van der Waals surface area contributed by atoms with Crippen molar-refractivity contribution in [2.45, 2.75) is 38.6 Å². The lowest BCUT2D eigenvalue weighted by atomic mass is 9.97. The minimum atomic E-state index is 0.0877. The van der Waals surface area contributed by atoms with Gasteiger partial charge in [0.2, 0.25) is 0 Å². The summed E-state index contributed by atoms with van der Waals surface area (Å²) in [4.78, 5) is 20.4. The summed E-state index contributed by atoms with van der Waals surface area (Å²) in [6.07, 6.45) is 3.14. The number of imidazole rings is 1. The molecular formula is C20H22ClN3OS. The molecule has 0 radical (unpaired) electrons. The first-order valence-electron chi connectivity index (χ1n) is 9.17. The average Bonchev–Trinajstić information content (AvgIpc) is 3.26. The van der Waals surface area contributed by atoms with Crippen molar-refractivity contribution < 1.29 is 4.79 Å². The van der Waals surface area contributed by atoms with Crippen LogP contribution in [0.25, 0.3) is 11.0 Å². The molecule has 0 saturated carbocycles. The molecule has 26 heavy (non-hydrogen) atoms. The Morgan fingerprint density at radius 1 is 1.31 bits per heavy atom. The van der Waals surface area contributed by atoms with Crippen LogP contribution < -0.4 is 0 Å². The number of thiophene rings is 1. The largest absolute Gasteiger partial charge is 0.337 e. The Hall–Kier alpha value is -1.85. The van der Waals surface area contributed by atoms with E-state index in [9.17, 15) is 4.79 Å². The second-order valence-corrected chi connectivity index (χ2v) is 8.52. The fraction of sp³-hybridized carbons (Fsp3) is 0.400. The standard InChI is InChI=1S/C20H22ClN3OS/c1-2-11-24-16-8-4-3-7-15(16)22-19(24)14-6-5-12-23(13-14)20(25)17-9-10-18(21)26-17/h3-4,7-10,14H,2,5-6,11-13H2,1H3. The monoisotopic (exact) mass is 387 g/mol. The van der Waals surface area contributed by atoms with Crippen LogP contribution >= 0.6 is 22.9 Å². The quantitative estimate of drug-likeness (QED) is 0.618. The highest BCUT2D eigenvalue weighted by Gasteiger charge is 2.29. The Morgan fingerprint density at radius 2 is 2.15 bits per heavy atom. The number of halogens is 1. The average molecular weight is 388 g/mol. The fourth-order valence-electron chi connectivity index (χ4n) is 3.82. The van der Waals surface area contributed by atoms with Gasteiger partial charge in [-0.05, 0) is 43.5 Å². The first kappa shape index (κ1) is 17.6. The third-order valence-corrected chi connectivity index (χ3v) is 6.21. The van der Waals surface area contributed by atoms with Crippen molar-refractivity contribution in [3.8, 4) is 0 Å². The third-order valence-electron chi connectivity index (χ3n) is 4.99. The third kappa shape index (κ3) is 3.26. The number of aryl methyl sites for hydroxylation is 1. The molecule has 4 rings (SSSR count). The lowest BCUT2D eigenvalue weighted by Crippen LogP contribution is -2.39. The number of carbonyl (C=O) groups excluding carboxylic acids is 1. The van der Waals surface area contributed by atoms with E-state index in [-0.39, 0.29) is 11.8 Å². The minimum Gasteiger partial charge on any atom is -0.337 e. The molecule has 1 aliphatic rings. The second-order valence-electron chi connectivity index (χ2n) is 6.80. The molecule has 0 bridgehead atoms. The van der Waals surface area contributed by atoms with Crippen LogP contribution in [0.1, 0.15) is 47.6 Å². The van der Waals surface area contributed by atoms with Crippen LogP contribution in [0.4, 0.5) is 0 Å². The van der Waals surface area contributed by atoms with Crippen LogP contribution in [-0.4, -0.2) is 33.4 Å². The van der Waals surface area contributed by atoms with Crippen molar-refractivity contribution in [1.82, 2.24) is 14.5 Å². The second kappa shape index (κ2) is 7.41. The molecular weight excluding hydrogens is 366 g/mol. The fourth-order valence-corrected chi connectivity index (χ4v) is 4.83. The normalized spacial score (nSPS) is 17.8. The van der Waals surface area contributed by atoms with E-state index in [2.05, 4.69) is 29.7 Å². The van der Waals surface area contributed by atoms with Gasteiger partial charge < -0.3 is 9.47 Å². The van der Waals surface area contributed by atoms with Crippen molar-refractivity contribution in [2.75, 3.05) is 13.1 Å². The summed E-state index contributed by atoms with van der Waals surface area (Å²) >= 11 is 7.36. The number of fused-ring (bicyclic) bond motifs is 1. The van der Waals surface area contributed by atoms with Gasteiger partial charge in [0.15, 0.2) is 0 Å². The molecule has 136 valence electrons. The van der Waals surface area contributed by atoms with Crippen LogP contribution in [-0.2, 0) is 6.54 Å². The maximum atomic E-state index is 12.8. The van der Waals surface area contributed by atoms with E-state index in [4.69, 9.17) is 16.6 Å². The number of likely N-dealkylation sites (tertiary alicyclic amines) is 1. The SMILES string of the molecule is CCCn1c(C2CCCN(C(=O)c3ccc(Cl)s3)C2)nc2ccccc21. The van der Waals surface area contributed by atoms with Gasteiger partial charge >= 0.3 is 0 Å². The minimum absolute atomic E-state index is 0.0877. The number of para-hydroxylation sites is 2. The lowest BCUT2D eigenvalue weighted by Gasteiger charge is -2.32. The first-order chi connectivity index (χ1) is 12.7. The van der Waals surface area contributed by atoms with Gasteiger partial charge in [-0.2, -0.15) is 0 Å². The highest BCUT2D eigenvalue weighted by Crippen LogP contribution is 2.31. The summed E-state index contributed by atoms with van der Waals surface area (Å²) in [6, 6.07) is 11.9. The number of amides is 1. The zero-order valence-corrected chi connectivity index (χ0v) is 16.4. The Kier molecular flexibility index (Phi) is 5.00. The van der Waals surface area contributed by atoms with Crippen molar-refractivity contribution in [3.63, 3.8) is 0 Å². The van der Waals surface area contributed by atoms with Crippen LogP contribution in [0.5, 0.6) is 0 Å². The van der Waals surface area contributed by atoms with E-state index < -0.39 is 0 Å². The Bertz CT molecular complexity index is 932. The zero-order chi connectivity index (χ0) is 18.1. The predicted molar refractivity (Wildman–Crippen MR) is 107 cm³/mol. The van der Waals surface area contributed by atoms with E-state index in [0.29, 0.717) is 4.34 Å². The number of hydrogen-bond donors (Lipinski definition) is 0. The molecule has 6 heteroatoms. The number of carbonyl (C=O) groups is 1. The maximum absolute atomic E-state index is 12.8. The zero-order valence-electron chi connectivity index (χ0n) is 14.8. The van der Waals surface area contributed by atoms with Crippen LogP contribution in [0.3, 0.4) is 0 Å². The Morgan fingerprint density at radius 3 is 2.92 bits per heavy atom. The maximum Gasteiger partial charge on any atom is 0.263 e. The molecule has 1 aliphatic heterocycles. The summed E-state index contributed by atoms with van der Waals surface area (Å²) < 4.78 is 3.00. The molecule has 1 fully saturated rings. The van der Waals surface area contributed by atoms with E-state index in [0.717, 1.165) is 55.1 Å². The number of piperidine rings is 1. The molecule has 1 aromatic carbocycles. The molecule has 0 aliphatic carbocycles. The highest BCUT2D eigenvalue weighted by molar-refractivity contribution is 7.17. The van der Waals surface area contributed by atoms with E-state index in [1.54, 1.807) is 6.07 Å². The summed E-state index contributed by atoms with van der Waals surface area (Å²) in [5, 5.41) is 0. The van der Waals surface area contributed by atoms with Gasteiger partial charge in [-0.15, -0.1) is 11.3 Å². The topological polar surface area (TPSA) is 38.1 Å². The molecule has 1 amide bonds. The molecule has 3 aromatic rings. The number of hydrogen-bond acceptors (Lipinski definition) is 3. The van der Waals surface area contributed by atoms with Crippen LogP contribution in [0.2, 0.25) is 4.34 Å². The summed E-state index contributed by atoms with van der Waals surface area (Å²) in [5.74, 6) is 1.49. The molecule has 1 saturated heterocycles. The van der Waals surface area contributed by atoms with E-state index >= 15 is 0 Å². The molecule has 0 spiro atoms. The van der Waals surface area contributed by atoms with Gasteiger partial charge in [0.05, 0.1) is 20.2 Å². The predicted octanol–water partition coefficient (Wildman–Crippen LogP) is 5.18. The number of benzene rings is 1. The molecule has 3 heterocycles.